The van der Waals surface area contributed by atoms with Crippen molar-refractivity contribution in [2.24, 2.45) is 9.50 Å². The van der Waals surface area contributed by atoms with E-state index in [1.165, 1.54) is 19.2 Å². The number of hydrogen-bond acceptors (Lipinski definition) is 4. The molecule has 2 aromatic heterocycles. The summed E-state index contributed by atoms with van der Waals surface area (Å²) in [7, 11) is -1.44. The van der Waals surface area contributed by atoms with E-state index in [0.717, 1.165) is 78.1 Å². The number of carbonyl (C=O) groups excluding carboxylic acids is 1. The van der Waals surface area contributed by atoms with Crippen LogP contribution in [-0.4, -0.2) is 16.1 Å². The number of rotatable bonds is 3. The first-order valence-electron chi connectivity index (χ1n) is 9.30. The van der Waals surface area contributed by atoms with Crippen molar-refractivity contribution in [2.45, 2.75) is 62.9 Å². The molecule has 4 rings (SSSR count). The average Bonchev–Trinajstić information content (AvgIpc) is 3.32. The van der Waals surface area contributed by atoms with Crippen LogP contribution in [0.2, 0.25) is 0 Å². The lowest BCUT2D eigenvalue weighted by atomic mass is 10.1. The third kappa shape index (κ3) is 3.52. The van der Waals surface area contributed by atoms with Gasteiger partial charge in [0.05, 0.1) is 21.1 Å². The summed E-state index contributed by atoms with van der Waals surface area (Å²) >= 11 is 1.08. The van der Waals surface area contributed by atoms with Crippen LogP contribution in [0.5, 0.6) is 0 Å². The Hall–Kier alpha value is -1.68. The number of urea groups is 1. The zero-order valence-corrected chi connectivity index (χ0v) is 17.5. The molecule has 9 heteroatoms. The molecule has 1 unspecified atom stereocenters. The van der Waals surface area contributed by atoms with Crippen molar-refractivity contribution in [1.82, 2.24) is 4.98 Å². The third-order valence-corrected chi connectivity index (χ3v) is 7.67. The van der Waals surface area contributed by atoms with Gasteiger partial charge in [-0.05, 0) is 63.5 Å². The fraction of sp³-hybridized carbons (Fsp3) is 0.474. The van der Waals surface area contributed by atoms with Crippen molar-refractivity contribution in [3.63, 3.8) is 0 Å². The number of aromatic nitrogens is 1. The number of hydrogen-bond donors (Lipinski definition) is 3. The summed E-state index contributed by atoms with van der Waals surface area (Å²) in [5.41, 5.74) is 3.88. The number of nitrogens with two attached hydrogens (primary N) is 1. The van der Waals surface area contributed by atoms with E-state index in [1.807, 2.05) is 0 Å². The van der Waals surface area contributed by atoms with Crippen molar-refractivity contribution in [3.8, 4) is 0 Å². The number of anilines is 1. The smallest absolute Gasteiger partial charge is 0.352 e. The van der Waals surface area contributed by atoms with Crippen molar-refractivity contribution < 1.29 is 14.3 Å². The van der Waals surface area contributed by atoms with Crippen LogP contribution < -0.4 is 10.5 Å². The maximum absolute atomic E-state index is 14.6. The van der Waals surface area contributed by atoms with Crippen LogP contribution >= 0.6 is 11.3 Å². The molecule has 150 valence electrons. The first-order valence-corrected chi connectivity index (χ1v) is 11.4. The van der Waals surface area contributed by atoms with Crippen LogP contribution in [-0.2, 0) is 42.2 Å². The predicted octanol–water partition coefficient (Wildman–Crippen LogP) is 3.75. The van der Waals surface area contributed by atoms with Crippen LogP contribution in [0.25, 0.3) is 0 Å². The number of thiophene rings is 1. The molecule has 2 heterocycles. The van der Waals surface area contributed by atoms with E-state index in [4.69, 9.17) is 10.1 Å². The lowest BCUT2D eigenvalue weighted by Gasteiger charge is -2.15. The predicted molar refractivity (Wildman–Crippen MR) is 109 cm³/mol. The second-order valence-corrected chi connectivity index (χ2v) is 9.81. The Bertz CT molecular complexity index is 963. The summed E-state index contributed by atoms with van der Waals surface area (Å²) in [6.07, 6.45) is 5.73. The van der Waals surface area contributed by atoms with E-state index in [9.17, 15) is 14.3 Å². The molecule has 2 aliphatic carbocycles. The van der Waals surface area contributed by atoms with E-state index in [2.05, 4.69) is 9.68 Å². The molecule has 0 saturated carbocycles. The number of carbonyl (C=O) groups is 1. The van der Waals surface area contributed by atoms with Gasteiger partial charge in [0, 0.05) is 27.6 Å². The number of nitrogens with zero attached hydrogens (tertiary/aromatic N) is 2. The summed E-state index contributed by atoms with van der Waals surface area (Å²) in [6.45, 7) is 3.02. The van der Waals surface area contributed by atoms with Gasteiger partial charge in [-0.2, -0.15) is 4.36 Å². The SMILES string of the molecule is CC(C)(O)c1scc(S(N)=NC(=O)Nc2c3c(nc4c2CCC4)CCC3)c1F. The van der Waals surface area contributed by atoms with Gasteiger partial charge in [0.1, 0.15) is 0 Å². The molecular formula is C19H23FN4O2S2. The Morgan fingerprint density at radius 1 is 1.29 bits per heavy atom. The lowest BCUT2D eigenvalue weighted by molar-refractivity contribution is 0.0785. The fourth-order valence-electron chi connectivity index (χ4n) is 3.89. The highest BCUT2D eigenvalue weighted by Crippen LogP contribution is 2.37. The van der Waals surface area contributed by atoms with E-state index in [1.54, 1.807) is 0 Å². The number of aliphatic hydroxyl groups is 1. The van der Waals surface area contributed by atoms with Crippen LogP contribution in [0.3, 0.4) is 0 Å². The molecule has 2 amide bonds. The monoisotopic (exact) mass is 422 g/mol. The number of pyridine rings is 1. The molecule has 6 nitrogen and oxygen atoms in total. The van der Waals surface area contributed by atoms with Gasteiger partial charge < -0.3 is 10.4 Å². The topological polar surface area (TPSA) is 101 Å². The van der Waals surface area contributed by atoms with Gasteiger partial charge in [0.2, 0.25) is 0 Å². The van der Waals surface area contributed by atoms with Crippen molar-refractivity contribution in [1.29, 1.82) is 0 Å². The van der Waals surface area contributed by atoms with Gasteiger partial charge in [-0.3, -0.25) is 10.1 Å². The summed E-state index contributed by atoms with van der Waals surface area (Å²) in [4.78, 5) is 17.7. The molecule has 28 heavy (non-hydrogen) atoms. The quantitative estimate of drug-likeness (QED) is 0.701. The van der Waals surface area contributed by atoms with Crippen molar-refractivity contribution >= 4 is 33.9 Å². The zero-order valence-electron chi connectivity index (χ0n) is 15.8. The van der Waals surface area contributed by atoms with Crippen LogP contribution in [0.1, 0.15) is 54.1 Å². The first-order chi connectivity index (χ1) is 13.3. The molecule has 2 aromatic rings. The minimum absolute atomic E-state index is 0.141. The Kier molecular flexibility index (Phi) is 5.11. The van der Waals surface area contributed by atoms with Crippen molar-refractivity contribution in [2.75, 3.05) is 5.32 Å². The van der Waals surface area contributed by atoms with Gasteiger partial charge in [0.25, 0.3) is 0 Å². The number of amides is 2. The van der Waals surface area contributed by atoms with Crippen LogP contribution in [0, 0.1) is 5.82 Å². The second-order valence-electron chi connectivity index (χ2n) is 7.68. The molecule has 0 saturated heterocycles. The van der Waals surface area contributed by atoms with E-state index in [-0.39, 0.29) is 9.77 Å². The number of aryl methyl sites for hydroxylation is 2. The summed E-state index contributed by atoms with van der Waals surface area (Å²) in [5.74, 6) is -0.592. The van der Waals surface area contributed by atoms with Gasteiger partial charge in [0.15, 0.2) is 5.82 Å². The highest BCUT2D eigenvalue weighted by Gasteiger charge is 2.28. The Morgan fingerprint density at radius 3 is 2.43 bits per heavy atom. The maximum atomic E-state index is 14.6. The molecular weight excluding hydrogens is 399 g/mol. The third-order valence-electron chi connectivity index (χ3n) is 5.14. The van der Waals surface area contributed by atoms with Gasteiger partial charge in [-0.25, -0.2) is 9.18 Å². The normalized spacial score (nSPS) is 16.9. The molecule has 0 bridgehead atoms. The average molecular weight is 423 g/mol. The van der Waals surface area contributed by atoms with Gasteiger partial charge in [-0.1, -0.05) is 0 Å². The van der Waals surface area contributed by atoms with E-state index in [0.29, 0.717) is 0 Å². The minimum Gasteiger partial charge on any atom is -0.385 e. The first kappa shape index (κ1) is 19.6. The summed E-state index contributed by atoms with van der Waals surface area (Å²) in [6, 6.07) is -0.573. The Morgan fingerprint density at radius 2 is 1.89 bits per heavy atom. The van der Waals surface area contributed by atoms with Gasteiger partial charge in [-0.15, -0.1) is 11.3 Å². The molecule has 0 aromatic carbocycles. The van der Waals surface area contributed by atoms with Crippen molar-refractivity contribution in [3.05, 3.63) is 38.6 Å². The second kappa shape index (κ2) is 7.29. The minimum atomic E-state index is -1.44. The van der Waals surface area contributed by atoms with E-state index >= 15 is 0 Å². The highest BCUT2D eigenvalue weighted by molar-refractivity contribution is 7.85. The largest absolute Gasteiger partial charge is 0.385 e. The summed E-state index contributed by atoms with van der Waals surface area (Å²) < 4.78 is 18.6. The molecule has 0 fully saturated rings. The fourth-order valence-corrected chi connectivity index (χ4v) is 5.93. The zero-order chi connectivity index (χ0) is 20.1. The number of halogens is 1. The van der Waals surface area contributed by atoms with Crippen LogP contribution in [0.4, 0.5) is 14.9 Å². The lowest BCUT2D eigenvalue weighted by Crippen LogP contribution is -2.17. The van der Waals surface area contributed by atoms with Crippen LogP contribution in [0.15, 0.2) is 14.6 Å². The van der Waals surface area contributed by atoms with Gasteiger partial charge >= 0.3 is 6.03 Å². The molecule has 0 radical (unpaired) electrons. The Labute approximate surface area is 169 Å². The molecule has 4 N–H and O–H groups in total. The molecule has 1 atom stereocenters. The maximum Gasteiger partial charge on any atom is 0.352 e. The number of fused-ring (bicyclic) bond motifs is 2. The standard InChI is InChI=1S/C19H23FN4O2S2/c1-19(2,26)17-15(20)14(9-27-17)28(21)24-18(25)23-16-10-5-3-7-12(10)22-13-8-4-6-11(13)16/h9,26H,3-8H2,1-2H3,(H3,21,22,23,24,25). The molecule has 0 spiro atoms. The highest BCUT2D eigenvalue weighted by atomic mass is 32.2. The summed E-state index contributed by atoms with van der Waals surface area (Å²) in [5, 5.41) is 20.5. The number of nitrogens with one attached hydrogen (secondary N) is 1. The van der Waals surface area contributed by atoms with E-state index < -0.39 is 28.3 Å². The Balaban J connectivity index is 1.62. The molecule has 0 aliphatic heterocycles. The molecule has 2 aliphatic rings.